The molecule has 10 atom stereocenters. The smallest absolute Gasteiger partial charge is 0.472 e. The number of aliphatic hydroxyl groups excluding tert-OH is 1. The Morgan fingerprint density at radius 3 is 2.39 bits per heavy atom. The average molecular weight is 489 g/mol. The van der Waals surface area contributed by atoms with E-state index in [4.69, 9.17) is 9.63 Å². The lowest BCUT2D eigenvalue weighted by Gasteiger charge is -2.63. The minimum absolute atomic E-state index is 0.0601. The molecule has 0 amide bonds. The van der Waals surface area contributed by atoms with Crippen molar-refractivity contribution < 1.29 is 39.0 Å². The Hall–Kier alpha value is -0.500. The van der Waals surface area contributed by atoms with E-state index in [0.29, 0.717) is 42.9 Å². The summed E-state index contributed by atoms with van der Waals surface area (Å²) in [5.74, 6) is -0.973. The lowest BCUT2D eigenvalue weighted by Crippen LogP contribution is -2.60. The first-order chi connectivity index (χ1) is 15.2. The summed E-state index contributed by atoms with van der Waals surface area (Å²) in [5.41, 5.74) is -0.00901. The van der Waals surface area contributed by atoms with Crippen LogP contribution in [0.5, 0.6) is 0 Å². The Balaban J connectivity index is 1.53. The second kappa shape index (κ2) is 8.56. The minimum atomic E-state index is -4.81. The number of phosphoric ester groups is 1. The molecule has 0 bridgehead atoms. The van der Waals surface area contributed by atoms with Crippen molar-refractivity contribution in [3.05, 3.63) is 0 Å². The number of rotatable bonds is 6. The Morgan fingerprint density at radius 2 is 1.76 bits per heavy atom. The third-order valence-corrected chi connectivity index (χ3v) is 11.1. The van der Waals surface area contributed by atoms with Crippen molar-refractivity contribution in [3.63, 3.8) is 0 Å². The van der Waals surface area contributed by atoms with Gasteiger partial charge < -0.3 is 25.1 Å². The maximum absolute atomic E-state index is 11.4. The van der Waals surface area contributed by atoms with E-state index in [2.05, 4.69) is 20.8 Å². The number of carboxylic acids is 1. The number of fused-ring (bicyclic) bond motifs is 5. The van der Waals surface area contributed by atoms with Gasteiger partial charge in [-0.05, 0) is 91.3 Å². The predicted octanol–water partition coefficient (Wildman–Crippen LogP) is 3.91. The second-order valence-corrected chi connectivity index (χ2v) is 13.3. The van der Waals surface area contributed by atoms with E-state index < -0.39 is 25.7 Å². The molecule has 0 aromatic heterocycles. The van der Waals surface area contributed by atoms with Gasteiger partial charge in [0.25, 0.3) is 0 Å². The molecule has 0 aromatic rings. The fraction of sp³-hybridized carbons (Fsp3) is 0.958. The summed E-state index contributed by atoms with van der Waals surface area (Å²) in [7, 11) is -4.81. The van der Waals surface area contributed by atoms with Crippen LogP contribution < -0.4 is 0 Å². The number of carboxylic acid groups (broad SMARTS) is 1. The summed E-state index contributed by atoms with van der Waals surface area (Å²) >= 11 is 0. The molecule has 0 saturated heterocycles. The van der Waals surface area contributed by atoms with Crippen LogP contribution in [0.15, 0.2) is 0 Å². The van der Waals surface area contributed by atoms with Crippen molar-refractivity contribution >= 4 is 13.8 Å². The van der Waals surface area contributed by atoms with Crippen LogP contribution in [-0.4, -0.2) is 43.0 Å². The van der Waals surface area contributed by atoms with Crippen LogP contribution in [0, 0.1) is 46.3 Å². The highest BCUT2D eigenvalue weighted by atomic mass is 31.2. The number of hydrogen-bond donors (Lipinski definition) is 5. The summed E-state index contributed by atoms with van der Waals surface area (Å²) in [6.07, 6.45) is 6.00. The molecule has 4 aliphatic rings. The molecule has 0 aliphatic heterocycles. The molecule has 0 radical (unpaired) electrons. The number of aliphatic carboxylic acids is 1. The molecule has 4 rings (SSSR count). The van der Waals surface area contributed by atoms with Crippen molar-refractivity contribution in [2.45, 2.75) is 96.9 Å². The molecule has 0 heterocycles. The molecule has 0 spiro atoms. The third-order valence-electron chi connectivity index (χ3n) is 10.6. The zero-order valence-corrected chi connectivity index (χ0v) is 20.9. The average Bonchev–Trinajstić information content (AvgIpc) is 3.03. The molecule has 5 unspecified atom stereocenters. The van der Waals surface area contributed by atoms with E-state index in [1.807, 2.05) is 0 Å². The Morgan fingerprint density at radius 1 is 1.09 bits per heavy atom. The number of aliphatic hydroxyl groups is 2. The van der Waals surface area contributed by atoms with Crippen LogP contribution in [0.4, 0.5) is 0 Å². The largest absolute Gasteiger partial charge is 0.481 e. The second-order valence-electron chi connectivity index (χ2n) is 12.2. The Bertz CT molecular complexity index is 814. The highest BCUT2D eigenvalue weighted by molar-refractivity contribution is 7.46. The third kappa shape index (κ3) is 4.56. The first-order valence-electron chi connectivity index (χ1n) is 12.6. The molecule has 4 fully saturated rings. The highest BCUT2D eigenvalue weighted by Gasteiger charge is 2.64. The Kier molecular flexibility index (Phi) is 6.64. The van der Waals surface area contributed by atoms with Crippen molar-refractivity contribution in [2.75, 3.05) is 0 Å². The monoisotopic (exact) mass is 488 g/mol. The van der Waals surface area contributed by atoms with Crippen LogP contribution in [0.25, 0.3) is 0 Å². The molecular formula is C24H41O8P. The van der Waals surface area contributed by atoms with Crippen LogP contribution in [-0.2, 0) is 13.9 Å². The summed E-state index contributed by atoms with van der Waals surface area (Å²) in [5, 5.41) is 31.3. The molecule has 4 aliphatic carbocycles. The standard InChI is InChI=1S/C24H41O8P/c1-14(4-7-20(26)27)16-5-6-17-21-18(8-9-23(16,17)3)22(2)10-11-24(28,32-33(29,30)31)13-15(22)12-19(21)25/h14-19,21,25,28H,4-13H2,1-3H3,(H,26,27)(H2,29,30,31)/t14-,15?,16-,17?,18?,19?,21?,22+,23-,24-/m1/s1. The topological polar surface area (TPSA) is 145 Å². The van der Waals surface area contributed by atoms with Crippen LogP contribution in [0.2, 0.25) is 0 Å². The first-order valence-corrected chi connectivity index (χ1v) is 14.1. The van der Waals surface area contributed by atoms with Gasteiger partial charge in [-0.1, -0.05) is 20.8 Å². The highest BCUT2D eigenvalue weighted by Crippen LogP contribution is 2.69. The molecule has 9 heteroatoms. The van der Waals surface area contributed by atoms with Crippen LogP contribution >= 0.6 is 7.82 Å². The normalized spacial score (nSPS) is 48.5. The number of hydrogen-bond acceptors (Lipinski definition) is 5. The summed E-state index contributed by atoms with van der Waals surface area (Å²) in [6, 6.07) is 0. The van der Waals surface area contributed by atoms with Crippen molar-refractivity contribution in [1.82, 2.24) is 0 Å². The van der Waals surface area contributed by atoms with Gasteiger partial charge in [0.1, 0.15) is 0 Å². The summed E-state index contributed by atoms with van der Waals surface area (Å²) in [4.78, 5) is 29.6. The van der Waals surface area contributed by atoms with Gasteiger partial charge in [-0.2, -0.15) is 0 Å². The maximum Gasteiger partial charge on any atom is 0.472 e. The van der Waals surface area contributed by atoms with Gasteiger partial charge in [0.15, 0.2) is 5.79 Å². The van der Waals surface area contributed by atoms with E-state index in [1.165, 1.54) is 0 Å². The SMILES string of the molecule is C[C@H](CCC(=O)O)[C@H]1CCC2C3C(O)CC4C[C@](O)(OP(=O)(O)O)CC[C@]4(C)C3CC[C@@]21C. The van der Waals surface area contributed by atoms with Gasteiger partial charge in [0.05, 0.1) is 6.10 Å². The molecule has 5 N–H and O–H groups in total. The molecule has 8 nitrogen and oxygen atoms in total. The molecule has 33 heavy (non-hydrogen) atoms. The van der Waals surface area contributed by atoms with Crippen molar-refractivity contribution in [2.24, 2.45) is 46.3 Å². The quantitative estimate of drug-likeness (QED) is 0.280. The van der Waals surface area contributed by atoms with Gasteiger partial charge in [-0.3, -0.25) is 9.32 Å². The van der Waals surface area contributed by atoms with E-state index in [1.54, 1.807) is 0 Å². The molecule has 4 saturated carbocycles. The summed E-state index contributed by atoms with van der Waals surface area (Å²) < 4.78 is 16.2. The fourth-order valence-corrected chi connectivity index (χ4v) is 9.62. The zero-order chi connectivity index (χ0) is 24.4. The van der Waals surface area contributed by atoms with Gasteiger partial charge in [0.2, 0.25) is 0 Å². The number of phosphoric acid groups is 1. The lowest BCUT2D eigenvalue weighted by molar-refractivity contribution is -0.238. The van der Waals surface area contributed by atoms with Gasteiger partial charge in [-0.25, -0.2) is 4.57 Å². The molecule has 0 aromatic carbocycles. The molecule has 190 valence electrons. The molecular weight excluding hydrogens is 447 g/mol. The van der Waals surface area contributed by atoms with Crippen LogP contribution in [0.1, 0.15) is 85.0 Å². The zero-order valence-electron chi connectivity index (χ0n) is 20.0. The maximum atomic E-state index is 11.4. The van der Waals surface area contributed by atoms with Crippen LogP contribution in [0.3, 0.4) is 0 Å². The van der Waals surface area contributed by atoms with Crippen molar-refractivity contribution in [3.8, 4) is 0 Å². The fourth-order valence-electron chi connectivity index (χ4n) is 9.01. The minimum Gasteiger partial charge on any atom is -0.481 e. The van der Waals surface area contributed by atoms with Crippen molar-refractivity contribution in [1.29, 1.82) is 0 Å². The Labute approximate surface area is 196 Å². The van der Waals surface area contributed by atoms with E-state index in [0.717, 1.165) is 25.7 Å². The van der Waals surface area contributed by atoms with Gasteiger partial charge >= 0.3 is 13.8 Å². The van der Waals surface area contributed by atoms with E-state index in [-0.39, 0.29) is 41.9 Å². The van der Waals surface area contributed by atoms with Gasteiger partial charge in [-0.15, -0.1) is 0 Å². The summed E-state index contributed by atoms with van der Waals surface area (Å²) in [6.45, 7) is 6.78. The number of carbonyl (C=O) groups is 1. The lowest BCUT2D eigenvalue weighted by atomic mass is 9.43. The van der Waals surface area contributed by atoms with Gasteiger partial charge in [0, 0.05) is 19.3 Å². The first kappa shape index (κ1) is 25.6. The van der Waals surface area contributed by atoms with E-state index in [9.17, 15) is 29.4 Å². The van der Waals surface area contributed by atoms with E-state index >= 15 is 0 Å². The predicted molar refractivity (Wildman–Crippen MR) is 121 cm³/mol.